The third-order valence-corrected chi connectivity index (χ3v) is 5.29. The van der Waals surface area contributed by atoms with Crippen LogP contribution < -0.4 is 10.0 Å². The van der Waals surface area contributed by atoms with E-state index in [1.54, 1.807) is 12.3 Å². The molecule has 5 nitrogen and oxygen atoms in total. The van der Waals surface area contributed by atoms with E-state index in [2.05, 4.69) is 17.0 Å². The minimum absolute atomic E-state index is 0.113. The number of sulfonamides is 1. The van der Waals surface area contributed by atoms with Crippen LogP contribution in [0, 0.1) is 0 Å². The Bertz CT molecular complexity index is 531. The van der Waals surface area contributed by atoms with Gasteiger partial charge in [-0.05, 0) is 31.9 Å². The fourth-order valence-corrected chi connectivity index (χ4v) is 4.02. The lowest BCUT2D eigenvalue weighted by Gasteiger charge is -2.11. The maximum Gasteiger partial charge on any atom is 0.242 e. The quantitative estimate of drug-likeness (QED) is 0.754. The van der Waals surface area contributed by atoms with Gasteiger partial charge in [0.1, 0.15) is 0 Å². The minimum atomic E-state index is -3.37. The first-order chi connectivity index (χ1) is 9.53. The Kier molecular flexibility index (Phi) is 5.23. The molecule has 1 aliphatic rings. The van der Waals surface area contributed by atoms with Crippen molar-refractivity contribution in [2.45, 2.75) is 56.5 Å². The number of hydrogen-bond donors (Lipinski definition) is 2. The van der Waals surface area contributed by atoms with Gasteiger partial charge in [-0.15, -0.1) is 0 Å². The molecule has 1 aromatic heterocycles. The number of aromatic nitrogens is 1. The molecular weight excluding hydrogens is 274 g/mol. The van der Waals surface area contributed by atoms with Crippen LogP contribution in [0.2, 0.25) is 0 Å². The summed E-state index contributed by atoms with van der Waals surface area (Å²) in [6.07, 6.45) is 6.91. The number of nitrogens with one attached hydrogen (secondary N) is 2. The van der Waals surface area contributed by atoms with Gasteiger partial charge in [0.05, 0.1) is 4.90 Å². The lowest BCUT2D eigenvalue weighted by atomic mass is 10.3. The van der Waals surface area contributed by atoms with Crippen molar-refractivity contribution >= 4 is 10.0 Å². The van der Waals surface area contributed by atoms with Crippen molar-refractivity contribution in [1.82, 2.24) is 14.6 Å². The molecule has 0 saturated heterocycles. The molecule has 0 atom stereocenters. The standard InChI is InChI=1S/C14H25N3O2S/c1-3-8-15-10-13-9-14(11-17(13)2)20(18,19)16-12-6-4-5-7-12/h9,11-12,15-16H,3-8,10H2,1-2H3. The summed E-state index contributed by atoms with van der Waals surface area (Å²) in [5, 5.41) is 3.29. The van der Waals surface area contributed by atoms with E-state index >= 15 is 0 Å². The molecule has 0 spiro atoms. The van der Waals surface area contributed by atoms with Gasteiger partial charge in [-0.1, -0.05) is 19.8 Å². The predicted molar refractivity (Wildman–Crippen MR) is 80.0 cm³/mol. The smallest absolute Gasteiger partial charge is 0.242 e. The van der Waals surface area contributed by atoms with Crippen molar-refractivity contribution in [3.63, 3.8) is 0 Å². The molecule has 2 N–H and O–H groups in total. The molecule has 0 aromatic carbocycles. The van der Waals surface area contributed by atoms with E-state index in [1.165, 1.54) is 0 Å². The van der Waals surface area contributed by atoms with E-state index in [-0.39, 0.29) is 6.04 Å². The topological polar surface area (TPSA) is 63.1 Å². The summed E-state index contributed by atoms with van der Waals surface area (Å²) < 4.78 is 29.4. The Balaban J connectivity index is 2.05. The summed E-state index contributed by atoms with van der Waals surface area (Å²) >= 11 is 0. The minimum Gasteiger partial charge on any atom is -0.352 e. The monoisotopic (exact) mass is 299 g/mol. The van der Waals surface area contributed by atoms with Crippen LogP contribution in [0.4, 0.5) is 0 Å². The predicted octanol–water partition coefficient (Wildman–Crippen LogP) is 1.75. The van der Waals surface area contributed by atoms with E-state index in [9.17, 15) is 8.42 Å². The van der Waals surface area contributed by atoms with E-state index in [0.717, 1.165) is 44.3 Å². The lowest BCUT2D eigenvalue weighted by Crippen LogP contribution is -2.32. The Hall–Kier alpha value is -0.850. The Morgan fingerprint density at radius 2 is 2.05 bits per heavy atom. The average molecular weight is 299 g/mol. The molecule has 0 amide bonds. The van der Waals surface area contributed by atoms with Crippen molar-refractivity contribution in [3.8, 4) is 0 Å². The first kappa shape index (κ1) is 15.5. The fourth-order valence-electron chi connectivity index (χ4n) is 2.62. The number of nitrogens with zero attached hydrogens (tertiary/aromatic N) is 1. The second-order valence-corrected chi connectivity index (χ2v) is 7.27. The first-order valence-electron chi connectivity index (χ1n) is 7.41. The molecule has 1 aromatic rings. The average Bonchev–Trinajstić information content (AvgIpc) is 3.00. The molecule has 1 heterocycles. The van der Waals surface area contributed by atoms with Crippen LogP contribution in [-0.4, -0.2) is 25.6 Å². The molecule has 0 bridgehead atoms. The van der Waals surface area contributed by atoms with Crippen LogP contribution >= 0.6 is 0 Å². The van der Waals surface area contributed by atoms with Gasteiger partial charge < -0.3 is 9.88 Å². The second kappa shape index (κ2) is 6.74. The highest BCUT2D eigenvalue weighted by Crippen LogP contribution is 2.21. The normalized spacial score (nSPS) is 16.9. The summed E-state index contributed by atoms with van der Waals surface area (Å²) in [7, 11) is -1.49. The molecule has 2 rings (SSSR count). The van der Waals surface area contributed by atoms with E-state index in [4.69, 9.17) is 0 Å². The van der Waals surface area contributed by atoms with Gasteiger partial charge in [-0.2, -0.15) is 0 Å². The van der Waals surface area contributed by atoms with E-state index in [1.807, 2.05) is 11.6 Å². The van der Waals surface area contributed by atoms with Crippen LogP contribution in [0.5, 0.6) is 0 Å². The molecule has 1 saturated carbocycles. The third-order valence-electron chi connectivity index (χ3n) is 3.80. The molecular formula is C14H25N3O2S. The van der Waals surface area contributed by atoms with Gasteiger partial charge in [0.25, 0.3) is 0 Å². The zero-order chi connectivity index (χ0) is 14.6. The first-order valence-corrected chi connectivity index (χ1v) is 8.89. The van der Waals surface area contributed by atoms with Crippen molar-refractivity contribution in [2.75, 3.05) is 6.54 Å². The maximum absolute atomic E-state index is 12.3. The van der Waals surface area contributed by atoms with Gasteiger partial charge in [-0.25, -0.2) is 13.1 Å². The third kappa shape index (κ3) is 3.84. The molecule has 6 heteroatoms. The summed E-state index contributed by atoms with van der Waals surface area (Å²) in [6, 6.07) is 1.88. The molecule has 1 aliphatic carbocycles. The Labute approximate surface area is 121 Å². The van der Waals surface area contributed by atoms with E-state index in [0.29, 0.717) is 11.4 Å². The molecule has 0 aliphatic heterocycles. The van der Waals surface area contributed by atoms with Crippen LogP contribution in [-0.2, 0) is 23.6 Å². The highest BCUT2D eigenvalue weighted by molar-refractivity contribution is 7.89. The number of aryl methyl sites for hydroxylation is 1. The summed E-state index contributed by atoms with van der Waals surface area (Å²) in [5.74, 6) is 0. The van der Waals surface area contributed by atoms with Crippen LogP contribution in [0.1, 0.15) is 44.7 Å². The van der Waals surface area contributed by atoms with Crippen LogP contribution in [0.3, 0.4) is 0 Å². The van der Waals surface area contributed by atoms with Gasteiger partial charge in [0, 0.05) is 31.5 Å². The molecule has 1 fully saturated rings. The Morgan fingerprint density at radius 3 is 2.70 bits per heavy atom. The second-order valence-electron chi connectivity index (χ2n) is 5.56. The van der Waals surface area contributed by atoms with Crippen molar-refractivity contribution in [1.29, 1.82) is 0 Å². The van der Waals surface area contributed by atoms with Crippen molar-refractivity contribution in [2.24, 2.45) is 7.05 Å². The molecule has 114 valence electrons. The number of rotatable bonds is 7. The lowest BCUT2D eigenvalue weighted by molar-refractivity contribution is 0.552. The summed E-state index contributed by atoms with van der Waals surface area (Å²) in [4.78, 5) is 0.375. The largest absolute Gasteiger partial charge is 0.352 e. The molecule has 0 unspecified atom stereocenters. The van der Waals surface area contributed by atoms with Crippen molar-refractivity contribution < 1.29 is 8.42 Å². The summed E-state index contributed by atoms with van der Waals surface area (Å²) in [6.45, 7) is 3.75. The highest BCUT2D eigenvalue weighted by atomic mass is 32.2. The van der Waals surface area contributed by atoms with Crippen LogP contribution in [0.25, 0.3) is 0 Å². The zero-order valence-electron chi connectivity index (χ0n) is 12.4. The zero-order valence-corrected chi connectivity index (χ0v) is 13.2. The fraction of sp³-hybridized carbons (Fsp3) is 0.714. The highest BCUT2D eigenvalue weighted by Gasteiger charge is 2.24. The maximum atomic E-state index is 12.3. The molecule has 20 heavy (non-hydrogen) atoms. The number of hydrogen-bond acceptors (Lipinski definition) is 3. The molecule has 0 radical (unpaired) electrons. The van der Waals surface area contributed by atoms with Gasteiger partial charge in [0.15, 0.2) is 0 Å². The Morgan fingerprint density at radius 1 is 1.35 bits per heavy atom. The van der Waals surface area contributed by atoms with Crippen LogP contribution in [0.15, 0.2) is 17.2 Å². The van der Waals surface area contributed by atoms with Crippen molar-refractivity contribution in [3.05, 3.63) is 18.0 Å². The van der Waals surface area contributed by atoms with E-state index < -0.39 is 10.0 Å². The summed E-state index contributed by atoms with van der Waals surface area (Å²) in [5.41, 5.74) is 0.991. The van der Waals surface area contributed by atoms with Gasteiger partial charge in [0.2, 0.25) is 10.0 Å². The SMILES string of the molecule is CCCNCc1cc(S(=O)(=O)NC2CCCC2)cn1C. The van der Waals surface area contributed by atoms with Gasteiger partial charge >= 0.3 is 0 Å². The van der Waals surface area contributed by atoms with Gasteiger partial charge in [-0.3, -0.25) is 0 Å².